The van der Waals surface area contributed by atoms with E-state index in [0.29, 0.717) is 0 Å². The summed E-state index contributed by atoms with van der Waals surface area (Å²) in [5.41, 5.74) is 8.60. The summed E-state index contributed by atoms with van der Waals surface area (Å²) in [6.07, 6.45) is -3.93. The fourth-order valence-electron chi connectivity index (χ4n) is 2.32. The lowest BCUT2D eigenvalue weighted by molar-refractivity contribution is -0.0502. The molecule has 4 N–H and O–H groups in total. The largest absolute Gasteiger partial charge is 0.492 e. The van der Waals surface area contributed by atoms with Gasteiger partial charge in [-0.15, -0.1) is 0 Å². The quantitative estimate of drug-likeness (QED) is 0.319. The third-order valence-electron chi connectivity index (χ3n) is 3.34. The predicted octanol–water partition coefficient (Wildman–Crippen LogP) is -0.915. The molecule has 22 heavy (non-hydrogen) atoms. The third kappa shape index (κ3) is 2.03. The first kappa shape index (κ1) is 14.4. The van der Waals surface area contributed by atoms with Gasteiger partial charge in [-0.25, -0.2) is 9.97 Å². The average molecular weight is 309 g/mol. The number of aliphatic hydroxyl groups is 3. The van der Waals surface area contributed by atoms with Crippen molar-refractivity contribution in [3.05, 3.63) is 16.8 Å². The van der Waals surface area contributed by atoms with E-state index in [9.17, 15) is 15.3 Å². The van der Waals surface area contributed by atoms with Crippen molar-refractivity contribution in [3.8, 4) is 5.88 Å². The van der Waals surface area contributed by atoms with Crippen molar-refractivity contribution >= 4 is 17.1 Å². The Hall–Kier alpha value is -2.50. The number of aromatic hydroxyl groups is 1. The topological polar surface area (TPSA) is 183 Å². The van der Waals surface area contributed by atoms with E-state index in [-0.39, 0.29) is 17.1 Å². The number of azide groups is 1. The predicted molar refractivity (Wildman–Crippen MR) is 68.8 cm³/mol. The number of fused-ring (bicyclic) bond motifs is 1. The van der Waals surface area contributed by atoms with E-state index < -0.39 is 37.0 Å². The maximum Gasteiger partial charge on any atom is 0.242 e. The van der Waals surface area contributed by atoms with Gasteiger partial charge in [-0.05, 0) is 10.6 Å². The van der Waals surface area contributed by atoms with Gasteiger partial charge >= 0.3 is 0 Å². The van der Waals surface area contributed by atoms with Crippen LogP contribution in [-0.4, -0.2) is 64.9 Å². The molecule has 0 spiro atoms. The molecule has 0 bridgehead atoms. The number of nitrogens with zero attached hydrogens (tertiary/aromatic N) is 7. The SMILES string of the molecule is [N-]=[N+]=Nc1nc2c(O)ncnc2n1[C@@H]1O[C@H](CO)C(O)C1O. The molecule has 2 aromatic rings. The molecule has 3 heterocycles. The summed E-state index contributed by atoms with van der Waals surface area (Å²) < 4.78 is 6.49. The van der Waals surface area contributed by atoms with Crippen LogP contribution in [0.1, 0.15) is 6.23 Å². The molecule has 12 nitrogen and oxygen atoms in total. The number of hydrogen-bond donors (Lipinski definition) is 4. The van der Waals surface area contributed by atoms with E-state index in [4.69, 9.17) is 15.4 Å². The van der Waals surface area contributed by atoms with Crippen LogP contribution in [0, 0.1) is 0 Å². The molecule has 0 aromatic carbocycles. The van der Waals surface area contributed by atoms with Crippen molar-refractivity contribution in [1.82, 2.24) is 19.5 Å². The van der Waals surface area contributed by atoms with Crippen LogP contribution in [0.15, 0.2) is 11.4 Å². The van der Waals surface area contributed by atoms with Gasteiger partial charge < -0.3 is 25.2 Å². The molecule has 0 aliphatic carbocycles. The highest BCUT2D eigenvalue weighted by Gasteiger charge is 2.44. The summed E-state index contributed by atoms with van der Waals surface area (Å²) in [5, 5.41) is 42.1. The minimum absolute atomic E-state index is 0.0461. The second-order valence-electron chi connectivity index (χ2n) is 4.57. The van der Waals surface area contributed by atoms with Gasteiger partial charge in [-0.3, -0.25) is 4.57 Å². The van der Waals surface area contributed by atoms with E-state index in [0.717, 1.165) is 10.9 Å². The number of aromatic nitrogens is 4. The molecule has 2 aromatic heterocycles. The Balaban J connectivity index is 2.19. The van der Waals surface area contributed by atoms with Crippen LogP contribution in [0.3, 0.4) is 0 Å². The number of imidazole rings is 1. The highest BCUT2D eigenvalue weighted by atomic mass is 16.6. The van der Waals surface area contributed by atoms with E-state index >= 15 is 0 Å². The first-order valence-electron chi connectivity index (χ1n) is 6.18. The molecule has 1 aliphatic heterocycles. The molecular formula is C10H11N7O5. The van der Waals surface area contributed by atoms with E-state index in [1.54, 1.807) is 0 Å². The summed E-state index contributed by atoms with van der Waals surface area (Å²) in [6, 6.07) is 0. The average Bonchev–Trinajstić information content (AvgIpc) is 3.00. The Morgan fingerprint density at radius 2 is 2.14 bits per heavy atom. The fourth-order valence-corrected chi connectivity index (χ4v) is 2.32. The van der Waals surface area contributed by atoms with Crippen LogP contribution in [0.2, 0.25) is 0 Å². The number of rotatable bonds is 3. The number of ether oxygens (including phenoxy) is 1. The normalized spacial score (nSPS) is 28.0. The molecule has 116 valence electrons. The minimum Gasteiger partial charge on any atom is -0.492 e. The summed E-state index contributed by atoms with van der Waals surface area (Å²) in [5.74, 6) is -0.673. The smallest absolute Gasteiger partial charge is 0.242 e. The molecule has 0 radical (unpaired) electrons. The lowest BCUT2D eigenvalue weighted by atomic mass is 10.1. The lowest BCUT2D eigenvalue weighted by Gasteiger charge is -2.17. The van der Waals surface area contributed by atoms with Crippen molar-refractivity contribution in [3.63, 3.8) is 0 Å². The Kier molecular flexibility index (Phi) is 3.52. The van der Waals surface area contributed by atoms with Crippen LogP contribution < -0.4 is 0 Å². The highest BCUT2D eigenvalue weighted by Crippen LogP contribution is 2.36. The summed E-state index contributed by atoms with van der Waals surface area (Å²) in [4.78, 5) is 14.0. The van der Waals surface area contributed by atoms with Gasteiger partial charge in [0.1, 0.15) is 24.6 Å². The molecule has 1 saturated heterocycles. The molecule has 0 saturated carbocycles. The van der Waals surface area contributed by atoms with Crippen LogP contribution in [0.25, 0.3) is 21.6 Å². The zero-order chi connectivity index (χ0) is 15.9. The van der Waals surface area contributed by atoms with Crippen LogP contribution >= 0.6 is 0 Å². The van der Waals surface area contributed by atoms with Gasteiger partial charge in [0.15, 0.2) is 17.4 Å². The first-order chi connectivity index (χ1) is 10.6. The minimum atomic E-state index is -1.42. The Bertz CT molecular complexity index is 757. The van der Waals surface area contributed by atoms with E-state index in [1.807, 2.05) is 0 Å². The Morgan fingerprint density at radius 3 is 2.77 bits per heavy atom. The molecule has 3 rings (SSSR count). The Morgan fingerprint density at radius 1 is 1.36 bits per heavy atom. The number of aliphatic hydroxyl groups excluding tert-OH is 3. The second-order valence-corrected chi connectivity index (χ2v) is 4.57. The first-order valence-corrected chi connectivity index (χ1v) is 6.18. The molecule has 1 fully saturated rings. The van der Waals surface area contributed by atoms with Gasteiger partial charge in [-0.1, -0.05) is 0 Å². The molecule has 1 aliphatic rings. The third-order valence-corrected chi connectivity index (χ3v) is 3.34. The summed E-state index contributed by atoms with van der Waals surface area (Å²) in [6.45, 7) is -0.515. The maximum absolute atomic E-state index is 10.1. The van der Waals surface area contributed by atoms with E-state index in [1.165, 1.54) is 0 Å². The molecular weight excluding hydrogens is 298 g/mol. The van der Waals surface area contributed by atoms with Crippen molar-refractivity contribution in [2.75, 3.05) is 6.61 Å². The highest BCUT2D eigenvalue weighted by molar-refractivity contribution is 5.78. The van der Waals surface area contributed by atoms with Crippen molar-refractivity contribution in [2.45, 2.75) is 24.5 Å². The lowest BCUT2D eigenvalue weighted by Crippen LogP contribution is -2.33. The van der Waals surface area contributed by atoms with Crippen molar-refractivity contribution in [1.29, 1.82) is 0 Å². The zero-order valence-corrected chi connectivity index (χ0v) is 10.9. The van der Waals surface area contributed by atoms with Crippen LogP contribution in [0.5, 0.6) is 5.88 Å². The van der Waals surface area contributed by atoms with Gasteiger partial charge in [0.2, 0.25) is 11.8 Å². The van der Waals surface area contributed by atoms with Gasteiger partial charge in [0, 0.05) is 4.91 Å². The maximum atomic E-state index is 10.1. The summed E-state index contributed by atoms with van der Waals surface area (Å²) in [7, 11) is 0. The number of hydrogen-bond acceptors (Lipinski definition) is 9. The van der Waals surface area contributed by atoms with Gasteiger partial charge in [0.05, 0.1) is 6.61 Å². The molecule has 2 unspecified atom stereocenters. The monoisotopic (exact) mass is 309 g/mol. The van der Waals surface area contributed by atoms with Crippen LogP contribution in [0.4, 0.5) is 5.95 Å². The molecule has 4 atom stereocenters. The Labute approximate surface area is 121 Å². The fraction of sp³-hybridized carbons (Fsp3) is 0.500. The van der Waals surface area contributed by atoms with Crippen molar-refractivity contribution < 1.29 is 25.2 Å². The molecule has 0 amide bonds. The standard InChI is InChI=1S/C10H11N7O5/c11-16-15-10-14-4-7(12-2-13-8(4)21)17(10)9-6(20)5(19)3(1-18)22-9/h2-3,5-6,9,18-20H,1H2,(H,12,13,21)/t3-,5?,6?,9-/m1/s1. The molecule has 12 heteroatoms. The van der Waals surface area contributed by atoms with Gasteiger partial charge in [0.25, 0.3) is 0 Å². The summed E-state index contributed by atoms with van der Waals surface area (Å²) >= 11 is 0. The second kappa shape index (κ2) is 5.36. The van der Waals surface area contributed by atoms with Crippen molar-refractivity contribution in [2.24, 2.45) is 5.11 Å². The van der Waals surface area contributed by atoms with E-state index in [2.05, 4.69) is 25.0 Å². The zero-order valence-electron chi connectivity index (χ0n) is 10.9. The van der Waals surface area contributed by atoms with Gasteiger partial charge in [-0.2, -0.15) is 4.98 Å². The van der Waals surface area contributed by atoms with Crippen LogP contribution in [-0.2, 0) is 4.74 Å².